The van der Waals surface area contributed by atoms with E-state index in [9.17, 15) is 0 Å². The lowest BCUT2D eigenvalue weighted by molar-refractivity contribution is 0.607. The van der Waals surface area contributed by atoms with E-state index in [0.717, 1.165) is 30.2 Å². The fourth-order valence-corrected chi connectivity index (χ4v) is 2.97. The van der Waals surface area contributed by atoms with Gasteiger partial charge in [-0.15, -0.1) is 0 Å². The zero-order valence-electron chi connectivity index (χ0n) is 12.0. The Labute approximate surface area is 124 Å². The van der Waals surface area contributed by atoms with Gasteiger partial charge in [0.15, 0.2) is 0 Å². The summed E-state index contributed by atoms with van der Waals surface area (Å²) in [5, 5.41) is 0.554. The summed E-state index contributed by atoms with van der Waals surface area (Å²) in [4.78, 5) is 11.3. The third-order valence-electron chi connectivity index (χ3n) is 4.17. The van der Waals surface area contributed by atoms with E-state index in [1.807, 2.05) is 13.8 Å². The monoisotopic (exact) mass is 287 g/mol. The Morgan fingerprint density at radius 3 is 2.70 bits per heavy atom. The first kappa shape index (κ1) is 13.4. The summed E-state index contributed by atoms with van der Waals surface area (Å²) in [6.07, 6.45) is 1.02. The Hall–Kier alpha value is -1.61. The Balaban J connectivity index is 2.01. The number of hydrogen-bond acceptors (Lipinski definition) is 3. The minimum absolute atomic E-state index is 0.276. The first-order chi connectivity index (χ1) is 9.58. The third-order valence-corrected chi connectivity index (χ3v) is 4.54. The number of fused-ring (bicyclic) bond motifs is 1. The molecule has 0 bridgehead atoms. The van der Waals surface area contributed by atoms with Crippen LogP contribution in [0.5, 0.6) is 0 Å². The van der Waals surface area contributed by atoms with Gasteiger partial charge in [0.2, 0.25) is 5.95 Å². The van der Waals surface area contributed by atoms with Crippen LogP contribution in [-0.4, -0.2) is 16.5 Å². The van der Waals surface area contributed by atoms with Gasteiger partial charge in [-0.25, -0.2) is 9.97 Å². The zero-order chi connectivity index (χ0) is 14.3. The maximum absolute atomic E-state index is 6.21. The van der Waals surface area contributed by atoms with E-state index < -0.39 is 0 Å². The van der Waals surface area contributed by atoms with Crippen molar-refractivity contribution >= 4 is 17.5 Å². The van der Waals surface area contributed by atoms with E-state index in [-0.39, 0.29) is 6.04 Å². The molecule has 1 aromatic heterocycles. The molecule has 3 rings (SSSR count). The van der Waals surface area contributed by atoms with E-state index in [1.165, 1.54) is 11.1 Å². The summed E-state index contributed by atoms with van der Waals surface area (Å²) >= 11 is 6.21. The molecule has 4 heteroatoms. The highest BCUT2D eigenvalue weighted by atomic mass is 35.5. The second-order valence-corrected chi connectivity index (χ2v) is 5.70. The van der Waals surface area contributed by atoms with Crippen LogP contribution in [0.3, 0.4) is 0 Å². The normalized spacial score (nSPS) is 18.0. The number of aryl methyl sites for hydroxylation is 1. The van der Waals surface area contributed by atoms with Crippen LogP contribution in [0.15, 0.2) is 24.3 Å². The number of rotatable bonds is 1. The molecule has 0 unspecified atom stereocenters. The van der Waals surface area contributed by atoms with Gasteiger partial charge in [0, 0.05) is 17.8 Å². The molecule has 1 aromatic carbocycles. The minimum Gasteiger partial charge on any atom is -0.334 e. The van der Waals surface area contributed by atoms with Crippen LogP contribution in [0.2, 0.25) is 5.15 Å². The van der Waals surface area contributed by atoms with Crippen molar-refractivity contribution in [2.45, 2.75) is 33.2 Å². The summed E-state index contributed by atoms with van der Waals surface area (Å²) in [6.45, 7) is 7.06. The SMILES string of the molecule is Cc1nc(N2CCc3ccccc3[C@@H]2C)nc(Cl)c1C. The summed E-state index contributed by atoms with van der Waals surface area (Å²) in [6, 6.07) is 8.86. The van der Waals surface area contributed by atoms with Crippen LogP contribution in [-0.2, 0) is 6.42 Å². The van der Waals surface area contributed by atoms with Crippen molar-refractivity contribution in [2.24, 2.45) is 0 Å². The van der Waals surface area contributed by atoms with Crippen LogP contribution >= 0.6 is 11.6 Å². The molecular formula is C16H18ClN3. The standard InChI is InChI=1S/C16H18ClN3/c1-10-11(2)18-16(19-15(10)17)20-9-8-13-6-4-5-7-14(13)12(20)3/h4-7,12H,8-9H2,1-3H3/t12-/m0/s1. The molecule has 0 fully saturated rings. The van der Waals surface area contributed by atoms with Gasteiger partial charge < -0.3 is 4.90 Å². The molecule has 1 aliphatic rings. The molecular weight excluding hydrogens is 270 g/mol. The van der Waals surface area contributed by atoms with E-state index in [1.54, 1.807) is 0 Å². The molecule has 1 aliphatic heterocycles. The summed E-state index contributed by atoms with van der Waals surface area (Å²) in [7, 11) is 0. The summed E-state index contributed by atoms with van der Waals surface area (Å²) < 4.78 is 0. The van der Waals surface area contributed by atoms with Crippen LogP contribution < -0.4 is 4.90 Å². The molecule has 2 aromatic rings. The highest BCUT2D eigenvalue weighted by Crippen LogP contribution is 2.32. The third kappa shape index (κ3) is 2.16. The largest absolute Gasteiger partial charge is 0.334 e. The summed E-state index contributed by atoms with van der Waals surface area (Å²) in [5.74, 6) is 0.736. The van der Waals surface area contributed by atoms with Gasteiger partial charge in [-0.1, -0.05) is 35.9 Å². The Kier molecular flexibility index (Phi) is 3.38. The number of nitrogens with zero attached hydrogens (tertiary/aromatic N) is 3. The zero-order valence-corrected chi connectivity index (χ0v) is 12.8. The van der Waals surface area contributed by atoms with E-state index in [2.05, 4.69) is 46.1 Å². The predicted octanol–water partition coefficient (Wildman–Crippen LogP) is 3.87. The van der Waals surface area contributed by atoms with Crippen molar-refractivity contribution in [2.75, 3.05) is 11.4 Å². The topological polar surface area (TPSA) is 29.0 Å². The van der Waals surface area contributed by atoms with E-state index in [4.69, 9.17) is 11.6 Å². The highest BCUT2D eigenvalue weighted by molar-refractivity contribution is 6.30. The van der Waals surface area contributed by atoms with Crippen molar-refractivity contribution in [1.82, 2.24) is 9.97 Å². The molecule has 20 heavy (non-hydrogen) atoms. The molecule has 3 nitrogen and oxygen atoms in total. The van der Waals surface area contributed by atoms with Gasteiger partial charge in [-0.3, -0.25) is 0 Å². The van der Waals surface area contributed by atoms with E-state index in [0.29, 0.717) is 5.15 Å². The Morgan fingerprint density at radius 2 is 1.95 bits per heavy atom. The number of hydrogen-bond donors (Lipinski definition) is 0. The maximum atomic E-state index is 6.21. The van der Waals surface area contributed by atoms with Gasteiger partial charge in [0.1, 0.15) is 5.15 Å². The van der Waals surface area contributed by atoms with Gasteiger partial charge in [-0.2, -0.15) is 0 Å². The predicted molar refractivity (Wildman–Crippen MR) is 82.4 cm³/mol. The van der Waals surface area contributed by atoms with Crippen molar-refractivity contribution < 1.29 is 0 Å². The van der Waals surface area contributed by atoms with E-state index >= 15 is 0 Å². The van der Waals surface area contributed by atoms with Crippen LogP contribution in [0.25, 0.3) is 0 Å². The number of anilines is 1. The molecule has 104 valence electrons. The quantitative estimate of drug-likeness (QED) is 0.746. The molecule has 2 heterocycles. The molecule has 0 spiro atoms. The van der Waals surface area contributed by atoms with Crippen molar-refractivity contribution in [3.63, 3.8) is 0 Å². The molecule has 1 atom stereocenters. The Bertz CT molecular complexity index is 631. The lowest BCUT2D eigenvalue weighted by Gasteiger charge is -2.35. The van der Waals surface area contributed by atoms with Crippen LogP contribution in [0.4, 0.5) is 5.95 Å². The molecule has 0 radical (unpaired) electrons. The van der Waals surface area contributed by atoms with Gasteiger partial charge >= 0.3 is 0 Å². The molecule has 0 N–H and O–H groups in total. The summed E-state index contributed by atoms with van der Waals surface area (Å²) in [5.41, 5.74) is 4.69. The maximum Gasteiger partial charge on any atom is 0.227 e. The molecule has 0 aliphatic carbocycles. The molecule has 0 saturated carbocycles. The average Bonchev–Trinajstić information content (AvgIpc) is 2.45. The van der Waals surface area contributed by atoms with Gasteiger partial charge in [-0.05, 0) is 38.3 Å². The van der Waals surface area contributed by atoms with Gasteiger partial charge in [0.25, 0.3) is 0 Å². The lowest BCUT2D eigenvalue weighted by Crippen LogP contribution is -2.35. The van der Waals surface area contributed by atoms with Gasteiger partial charge in [0.05, 0.1) is 6.04 Å². The van der Waals surface area contributed by atoms with Crippen molar-refractivity contribution in [1.29, 1.82) is 0 Å². The first-order valence-corrected chi connectivity index (χ1v) is 7.31. The highest BCUT2D eigenvalue weighted by Gasteiger charge is 2.26. The second-order valence-electron chi connectivity index (χ2n) is 5.34. The fraction of sp³-hybridized carbons (Fsp3) is 0.375. The average molecular weight is 288 g/mol. The van der Waals surface area contributed by atoms with Crippen molar-refractivity contribution in [3.05, 3.63) is 51.8 Å². The molecule has 0 saturated heterocycles. The number of benzene rings is 1. The first-order valence-electron chi connectivity index (χ1n) is 6.93. The number of halogens is 1. The molecule has 0 amide bonds. The number of aromatic nitrogens is 2. The Morgan fingerprint density at radius 1 is 1.20 bits per heavy atom. The smallest absolute Gasteiger partial charge is 0.227 e. The second kappa shape index (κ2) is 5.06. The lowest BCUT2D eigenvalue weighted by atomic mass is 9.94. The van der Waals surface area contributed by atoms with Crippen LogP contribution in [0, 0.1) is 13.8 Å². The minimum atomic E-state index is 0.276. The fourth-order valence-electron chi connectivity index (χ4n) is 2.75. The van der Waals surface area contributed by atoms with Crippen LogP contribution in [0.1, 0.15) is 35.3 Å². The van der Waals surface area contributed by atoms with Crippen molar-refractivity contribution in [3.8, 4) is 0 Å².